The molecule has 0 aromatic heterocycles. The molecule has 2 aromatic carbocycles. The third-order valence-corrected chi connectivity index (χ3v) is 10.3. The summed E-state index contributed by atoms with van der Waals surface area (Å²) in [6, 6.07) is 23.1. The summed E-state index contributed by atoms with van der Waals surface area (Å²) >= 11 is 0. The predicted molar refractivity (Wildman–Crippen MR) is 130 cm³/mol. The zero-order valence-electron chi connectivity index (χ0n) is 19.4. The molecular formula is C31H40. The van der Waals surface area contributed by atoms with Gasteiger partial charge in [0.2, 0.25) is 0 Å². The summed E-state index contributed by atoms with van der Waals surface area (Å²) in [4.78, 5) is 0. The minimum absolute atomic E-state index is 0.233. The van der Waals surface area contributed by atoms with Gasteiger partial charge in [0.15, 0.2) is 0 Å². The van der Waals surface area contributed by atoms with Crippen molar-refractivity contribution in [2.24, 2.45) is 35.0 Å². The molecule has 3 unspecified atom stereocenters. The van der Waals surface area contributed by atoms with E-state index in [1.807, 2.05) is 0 Å². The van der Waals surface area contributed by atoms with Gasteiger partial charge in [-0.15, -0.1) is 0 Å². The van der Waals surface area contributed by atoms with Gasteiger partial charge in [-0.05, 0) is 52.6 Å². The molecule has 0 spiro atoms. The molecule has 4 fully saturated rings. The fourth-order valence-electron chi connectivity index (χ4n) is 8.85. The topological polar surface area (TPSA) is 0 Å². The highest BCUT2D eigenvalue weighted by Gasteiger charge is 2.77. The Balaban J connectivity index is 1.38. The van der Waals surface area contributed by atoms with Crippen LogP contribution < -0.4 is 0 Å². The maximum absolute atomic E-state index is 2.69. The average Bonchev–Trinajstić information content (AvgIpc) is 3.74. The van der Waals surface area contributed by atoms with Crippen molar-refractivity contribution in [1.29, 1.82) is 0 Å². The van der Waals surface area contributed by atoms with Crippen LogP contribution in [0.4, 0.5) is 0 Å². The summed E-state index contributed by atoms with van der Waals surface area (Å²) < 4.78 is 0. The maximum atomic E-state index is 2.69. The third kappa shape index (κ3) is 3.15. The van der Waals surface area contributed by atoms with Crippen LogP contribution in [-0.4, -0.2) is 0 Å². The van der Waals surface area contributed by atoms with E-state index < -0.39 is 0 Å². The molecule has 4 saturated carbocycles. The van der Waals surface area contributed by atoms with E-state index in [2.05, 4.69) is 67.6 Å². The van der Waals surface area contributed by atoms with Crippen LogP contribution in [0.2, 0.25) is 0 Å². The quantitative estimate of drug-likeness (QED) is 0.462. The van der Waals surface area contributed by atoms with Crippen LogP contribution in [0.1, 0.15) is 88.7 Å². The molecule has 4 aliphatic rings. The maximum Gasteiger partial charge on any atom is 0.0265 e. The van der Waals surface area contributed by atoms with Crippen molar-refractivity contribution >= 4 is 0 Å². The van der Waals surface area contributed by atoms with Gasteiger partial charge in [0, 0.05) is 5.41 Å². The largest absolute Gasteiger partial charge is 0.0622 e. The molecule has 0 bridgehead atoms. The van der Waals surface area contributed by atoms with Gasteiger partial charge in [0.05, 0.1) is 0 Å². The van der Waals surface area contributed by atoms with E-state index in [1.165, 1.54) is 70.6 Å². The van der Waals surface area contributed by atoms with E-state index in [0.717, 1.165) is 29.6 Å². The van der Waals surface area contributed by atoms with Crippen LogP contribution in [0.25, 0.3) is 0 Å². The Kier molecular flexibility index (Phi) is 5.04. The van der Waals surface area contributed by atoms with Crippen molar-refractivity contribution < 1.29 is 0 Å². The van der Waals surface area contributed by atoms with E-state index in [0.29, 0.717) is 5.41 Å². The zero-order chi connectivity index (χ0) is 20.9. The summed E-state index contributed by atoms with van der Waals surface area (Å²) in [5.74, 6) is 5.02. The molecule has 0 radical (unpaired) electrons. The Bertz CT molecular complexity index is 807. The van der Waals surface area contributed by atoms with Crippen molar-refractivity contribution in [1.82, 2.24) is 0 Å². The highest BCUT2D eigenvalue weighted by molar-refractivity contribution is 5.52. The van der Waals surface area contributed by atoms with E-state index in [1.54, 1.807) is 11.1 Å². The van der Waals surface area contributed by atoms with Gasteiger partial charge in [0.1, 0.15) is 0 Å². The number of hydrogen-bond acceptors (Lipinski definition) is 0. The highest BCUT2D eigenvalue weighted by atomic mass is 14.8. The van der Waals surface area contributed by atoms with Crippen molar-refractivity contribution in [2.45, 2.75) is 83.0 Å². The van der Waals surface area contributed by atoms with E-state index >= 15 is 0 Å². The van der Waals surface area contributed by atoms with Gasteiger partial charge in [-0.1, -0.05) is 132 Å². The molecular weight excluding hydrogens is 372 g/mol. The molecule has 0 saturated heterocycles. The smallest absolute Gasteiger partial charge is 0.0265 e. The number of benzene rings is 2. The zero-order valence-corrected chi connectivity index (χ0v) is 19.4. The second-order valence-corrected chi connectivity index (χ2v) is 11.7. The molecule has 0 heteroatoms. The Morgan fingerprint density at radius 3 is 1.42 bits per heavy atom. The normalized spacial score (nSPS) is 35.6. The van der Waals surface area contributed by atoms with E-state index in [4.69, 9.17) is 0 Å². The molecule has 164 valence electrons. The second kappa shape index (κ2) is 7.79. The van der Waals surface area contributed by atoms with Crippen LogP contribution in [0, 0.1) is 35.0 Å². The Morgan fingerprint density at radius 2 is 1.00 bits per heavy atom. The minimum atomic E-state index is 0.233. The number of hydrogen-bond donors (Lipinski definition) is 0. The lowest BCUT2D eigenvalue weighted by Crippen LogP contribution is -2.22. The van der Waals surface area contributed by atoms with E-state index in [9.17, 15) is 0 Å². The third-order valence-electron chi connectivity index (χ3n) is 10.3. The predicted octanol–water partition coefficient (Wildman–Crippen LogP) is 8.41. The second-order valence-electron chi connectivity index (χ2n) is 11.7. The van der Waals surface area contributed by atoms with Gasteiger partial charge >= 0.3 is 0 Å². The summed E-state index contributed by atoms with van der Waals surface area (Å²) in [5.41, 5.74) is 3.80. The molecule has 0 amide bonds. The highest BCUT2D eigenvalue weighted by Crippen LogP contribution is 2.81. The van der Waals surface area contributed by atoms with Gasteiger partial charge < -0.3 is 0 Å². The van der Waals surface area contributed by atoms with Crippen LogP contribution in [0.15, 0.2) is 60.7 Å². The summed E-state index contributed by atoms with van der Waals surface area (Å²) in [5, 5.41) is 0. The molecule has 2 aromatic rings. The molecule has 6 rings (SSSR count). The van der Waals surface area contributed by atoms with Crippen LogP contribution in [-0.2, 0) is 5.41 Å². The van der Waals surface area contributed by atoms with Crippen molar-refractivity contribution in [3.63, 3.8) is 0 Å². The molecule has 3 atom stereocenters. The lowest BCUT2D eigenvalue weighted by Gasteiger charge is -2.27. The fraction of sp³-hybridized carbons (Fsp3) is 0.613. The number of rotatable bonds is 5. The lowest BCUT2D eigenvalue weighted by atomic mass is 9.76. The van der Waals surface area contributed by atoms with Gasteiger partial charge in [-0.3, -0.25) is 0 Å². The average molecular weight is 413 g/mol. The first-order valence-corrected chi connectivity index (χ1v) is 13.4. The Hall–Kier alpha value is -1.56. The SMILES string of the molecule is CC1(C2C(C3CCCCC3)C2C2CCCCC2)CC1(c1ccccc1)c1ccccc1. The standard InChI is InChI=1S/C31H40/c1-30(22-31(30,25-18-10-4-11-19-25)26-20-12-5-13-21-26)29-27(23-14-6-2-7-15-23)28(29)24-16-8-3-9-17-24/h4-5,10-13,18-21,23-24,27-29H,2-3,6-9,14-17,22H2,1H3. The molecule has 0 aliphatic heterocycles. The van der Waals surface area contributed by atoms with Gasteiger partial charge in [-0.25, -0.2) is 0 Å². The Morgan fingerprint density at radius 1 is 0.581 bits per heavy atom. The molecule has 0 nitrogen and oxygen atoms in total. The van der Waals surface area contributed by atoms with Crippen molar-refractivity contribution in [3.05, 3.63) is 71.8 Å². The summed E-state index contributed by atoms with van der Waals surface area (Å²) in [6.45, 7) is 2.69. The first-order valence-electron chi connectivity index (χ1n) is 13.4. The summed E-state index contributed by atoms with van der Waals surface area (Å²) in [6.07, 6.45) is 16.4. The molecule has 0 N–H and O–H groups in total. The lowest BCUT2D eigenvalue weighted by molar-refractivity contribution is 0.258. The van der Waals surface area contributed by atoms with Gasteiger partial charge in [-0.2, -0.15) is 0 Å². The first-order chi connectivity index (χ1) is 15.3. The molecule has 0 heterocycles. The fourth-order valence-corrected chi connectivity index (χ4v) is 8.85. The minimum Gasteiger partial charge on any atom is -0.0622 e. The van der Waals surface area contributed by atoms with Crippen molar-refractivity contribution in [3.8, 4) is 0 Å². The molecule has 4 aliphatic carbocycles. The van der Waals surface area contributed by atoms with Crippen LogP contribution >= 0.6 is 0 Å². The van der Waals surface area contributed by atoms with Crippen LogP contribution in [0.3, 0.4) is 0 Å². The first kappa shape index (κ1) is 20.1. The van der Waals surface area contributed by atoms with Gasteiger partial charge in [0.25, 0.3) is 0 Å². The monoisotopic (exact) mass is 412 g/mol. The van der Waals surface area contributed by atoms with E-state index in [-0.39, 0.29) is 5.41 Å². The Labute approximate surface area is 189 Å². The van der Waals surface area contributed by atoms with Crippen molar-refractivity contribution in [2.75, 3.05) is 0 Å². The molecule has 31 heavy (non-hydrogen) atoms. The van der Waals surface area contributed by atoms with Crippen LogP contribution in [0.5, 0.6) is 0 Å². The summed E-state index contributed by atoms with van der Waals surface area (Å²) in [7, 11) is 0.